The first-order valence-electron chi connectivity index (χ1n) is 21.8. The zero-order chi connectivity index (χ0) is 43.8. The molecule has 4 atom stereocenters. The van der Waals surface area contributed by atoms with Crippen LogP contribution in [0.25, 0.3) is 44.2 Å². The van der Waals surface area contributed by atoms with Crippen molar-refractivity contribution in [2.75, 3.05) is 53.7 Å². The number of likely N-dealkylation sites (tertiary alicyclic amines) is 2. The summed E-state index contributed by atoms with van der Waals surface area (Å²) in [6.45, 7) is 6.47. The fourth-order valence-electron chi connectivity index (χ4n) is 9.66. The molecule has 1 spiro atoms. The molecule has 4 N–H and O–H groups in total. The van der Waals surface area contributed by atoms with Gasteiger partial charge in [-0.25, -0.2) is 19.6 Å². The number of rotatable bonds is 10. The first kappa shape index (κ1) is 44.6. The van der Waals surface area contributed by atoms with Crippen molar-refractivity contribution < 1.29 is 42.9 Å². The van der Waals surface area contributed by atoms with E-state index in [2.05, 4.69) is 69.1 Å². The molecule has 4 aliphatic heterocycles. The lowest BCUT2D eigenvalue weighted by molar-refractivity contribution is -0.154. The summed E-state index contributed by atoms with van der Waals surface area (Å²) >= 11 is 0. The number of methoxy groups -OCH3 is 2. The average Bonchev–Trinajstić information content (AvgIpc) is 4.17. The first-order chi connectivity index (χ1) is 30.5. The van der Waals surface area contributed by atoms with Gasteiger partial charge in [-0.05, 0) is 71.7 Å². The van der Waals surface area contributed by atoms with Gasteiger partial charge in [-0.3, -0.25) is 9.59 Å². The molecule has 0 unspecified atom stereocenters. The van der Waals surface area contributed by atoms with Crippen molar-refractivity contribution in [2.24, 2.45) is 11.8 Å². The van der Waals surface area contributed by atoms with Crippen LogP contribution in [0.5, 0.6) is 0 Å². The summed E-state index contributed by atoms with van der Waals surface area (Å²) in [5, 5.41) is 7.50. The molecular formula is C47H58N8O9. The topological polar surface area (TPSA) is 202 Å². The van der Waals surface area contributed by atoms with Crippen LogP contribution in [0.2, 0.25) is 0 Å². The standard InChI is InChI=1S/C46H54N8O9.CH4/c1-26(2)37(51-44(57)59-3)42(55)53-17-5-6-35(53)40-47-24-34(49-40)28-9-7-27(8-10-28)30-11-13-32-31(22-30)12-14-33-39(32)50-41(48-33)36-23-46(62-20-21-63-46)25-54(36)43(56)38(52-45(58)60-4)29-15-18-61-19-16-29;/h7-14,22,24,26,29,35-38H,5-6,15-21,23,25H2,1-4H3,(H,47,49)(H,48,50)(H,51,57)(H,52,58);1H4/t35-,36-,37-,38-;/m0./s1. The third-order valence-electron chi connectivity index (χ3n) is 13.0. The lowest BCUT2D eigenvalue weighted by atomic mass is 9.90. The third kappa shape index (κ3) is 8.63. The highest BCUT2D eigenvalue weighted by molar-refractivity contribution is 6.05. The number of hydrogen-bond donors (Lipinski definition) is 4. The number of amides is 4. The number of nitrogens with zero attached hydrogens (tertiary/aromatic N) is 4. The Balaban J connectivity index is 0.00000560. The second kappa shape index (κ2) is 18.6. The number of carbonyl (C=O) groups is 4. The van der Waals surface area contributed by atoms with Crippen molar-refractivity contribution in [2.45, 2.75) is 83.3 Å². The predicted octanol–water partition coefficient (Wildman–Crippen LogP) is 6.62. The molecule has 6 heterocycles. The van der Waals surface area contributed by atoms with Gasteiger partial charge in [0, 0.05) is 31.6 Å². The molecule has 2 aromatic heterocycles. The first-order valence-corrected chi connectivity index (χ1v) is 21.8. The Hall–Kier alpha value is -6.04. The van der Waals surface area contributed by atoms with Crippen molar-refractivity contribution in [1.29, 1.82) is 0 Å². The number of alkyl carbamates (subject to hydrolysis) is 2. The molecule has 5 aromatic rings. The summed E-state index contributed by atoms with van der Waals surface area (Å²) in [7, 11) is 2.58. The van der Waals surface area contributed by atoms with Crippen LogP contribution in [0.1, 0.15) is 77.1 Å². The molecule has 4 amide bonds. The maximum absolute atomic E-state index is 14.5. The van der Waals surface area contributed by atoms with E-state index in [0.29, 0.717) is 63.9 Å². The second-order valence-electron chi connectivity index (χ2n) is 17.2. The van der Waals surface area contributed by atoms with Gasteiger partial charge in [0.25, 0.3) is 0 Å². The number of H-pyrrole nitrogens is 2. The lowest BCUT2D eigenvalue weighted by Gasteiger charge is -2.34. The van der Waals surface area contributed by atoms with Crippen LogP contribution in [-0.2, 0) is 33.3 Å². The summed E-state index contributed by atoms with van der Waals surface area (Å²) in [4.78, 5) is 73.0. The highest BCUT2D eigenvalue weighted by atomic mass is 16.7. The molecule has 64 heavy (non-hydrogen) atoms. The van der Waals surface area contributed by atoms with Crippen molar-refractivity contribution in [3.63, 3.8) is 0 Å². The van der Waals surface area contributed by atoms with Gasteiger partial charge in [0.15, 0.2) is 5.79 Å². The zero-order valence-electron chi connectivity index (χ0n) is 36.0. The molecule has 3 aromatic carbocycles. The van der Waals surface area contributed by atoms with Gasteiger partial charge in [0.05, 0.1) is 69.0 Å². The minimum Gasteiger partial charge on any atom is -0.453 e. The summed E-state index contributed by atoms with van der Waals surface area (Å²) in [5.41, 5.74) is 5.51. The highest BCUT2D eigenvalue weighted by Gasteiger charge is 2.53. The molecule has 9 rings (SSSR count). The molecule has 4 saturated heterocycles. The normalized spacial score (nSPS) is 20.7. The zero-order valence-corrected chi connectivity index (χ0v) is 36.0. The summed E-state index contributed by atoms with van der Waals surface area (Å²) in [6.07, 6.45) is 3.77. The largest absolute Gasteiger partial charge is 0.453 e. The number of ether oxygens (including phenoxy) is 5. The second-order valence-corrected chi connectivity index (χ2v) is 17.2. The number of fused-ring (bicyclic) bond motifs is 3. The Labute approximate surface area is 371 Å². The van der Waals surface area contributed by atoms with Gasteiger partial charge < -0.3 is 54.1 Å². The number of aromatic nitrogens is 4. The van der Waals surface area contributed by atoms with Crippen LogP contribution in [-0.4, -0.2) is 125 Å². The van der Waals surface area contributed by atoms with Gasteiger partial charge >= 0.3 is 12.2 Å². The summed E-state index contributed by atoms with van der Waals surface area (Å²) < 4.78 is 27.5. The molecular weight excluding hydrogens is 821 g/mol. The van der Waals surface area contributed by atoms with Crippen LogP contribution in [0.15, 0.2) is 60.8 Å². The summed E-state index contributed by atoms with van der Waals surface area (Å²) in [6, 6.07) is 16.4. The number of imidazole rings is 2. The Morgan fingerprint density at radius 3 is 2.22 bits per heavy atom. The van der Waals surface area contributed by atoms with Gasteiger partial charge in [-0.15, -0.1) is 0 Å². The van der Waals surface area contributed by atoms with E-state index in [0.717, 1.165) is 57.0 Å². The molecule has 17 nitrogen and oxygen atoms in total. The summed E-state index contributed by atoms with van der Waals surface area (Å²) in [5.74, 6) is -0.248. The molecule has 17 heteroatoms. The van der Waals surface area contributed by atoms with Crippen molar-refractivity contribution in [3.05, 3.63) is 72.4 Å². The SMILES string of the molecule is C.COC(=O)N[C@H](C(=O)N1CCC[C@H]1c1ncc(-c2ccc(-c3ccc4c(ccc5[nH]c([C@@H]6CC7(CN6C(=O)[C@@H](NC(=O)OC)C6CCOCC6)OCCO7)nc54)c3)cc2)[nH]1)C(C)C. The Kier molecular flexibility index (Phi) is 12.9. The number of aromatic amines is 2. The Morgan fingerprint density at radius 1 is 0.797 bits per heavy atom. The van der Waals surface area contributed by atoms with E-state index in [1.165, 1.54) is 14.2 Å². The van der Waals surface area contributed by atoms with E-state index < -0.39 is 36.1 Å². The molecule has 0 radical (unpaired) electrons. The molecule has 0 saturated carbocycles. The third-order valence-corrected chi connectivity index (χ3v) is 13.0. The van der Waals surface area contributed by atoms with Crippen molar-refractivity contribution >= 4 is 45.8 Å². The number of benzene rings is 3. The molecule has 0 bridgehead atoms. The van der Waals surface area contributed by atoms with Gasteiger partial charge in [0.1, 0.15) is 23.7 Å². The van der Waals surface area contributed by atoms with Crippen LogP contribution in [0, 0.1) is 11.8 Å². The monoisotopic (exact) mass is 878 g/mol. The molecule has 4 fully saturated rings. The average molecular weight is 879 g/mol. The van der Waals surface area contributed by atoms with Crippen molar-refractivity contribution in [3.8, 4) is 22.4 Å². The van der Waals surface area contributed by atoms with E-state index in [9.17, 15) is 19.2 Å². The van der Waals surface area contributed by atoms with E-state index >= 15 is 0 Å². The molecule has 0 aliphatic carbocycles. The fraction of sp³-hybridized carbons (Fsp3) is 0.489. The van der Waals surface area contributed by atoms with Crippen LogP contribution in [0.4, 0.5) is 9.59 Å². The van der Waals surface area contributed by atoms with Crippen molar-refractivity contribution in [1.82, 2.24) is 40.4 Å². The maximum Gasteiger partial charge on any atom is 0.407 e. The van der Waals surface area contributed by atoms with E-state index in [1.54, 1.807) is 16.0 Å². The lowest BCUT2D eigenvalue weighted by Crippen LogP contribution is -2.54. The molecule has 340 valence electrons. The number of carbonyl (C=O) groups excluding carboxylic acids is 4. The molecule has 4 aliphatic rings. The number of nitrogens with one attached hydrogen (secondary N) is 4. The van der Waals surface area contributed by atoms with E-state index in [4.69, 9.17) is 33.7 Å². The predicted molar refractivity (Wildman–Crippen MR) is 238 cm³/mol. The van der Waals surface area contributed by atoms with Gasteiger partial charge in [-0.2, -0.15) is 0 Å². The van der Waals surface area contributed by atoms with E-state index in [1.807, 2.05) is 19.9 Å². The highest BCUT2D eigenvalue weighted by Crippen LogP contribution is 2.44. The van der Waals surface area contributed by atoms with Gasteiger partial charge in [-0.1, -0.05) is 63.7 Å². The van der Waals surface area contributed by atoms with Crippen LogP contribution < -0.4 is 10.6 Å². The van der Waals surface area contributed by atoms with Gasteiger partial charge in [0.2, 0.25) is 11.8 Å². The van der Waals surface area contributed by atoms with Crippen LogP contribution >= 0.6 is 0 Å². The Bertz CT molecular complexity index is 2490. The quantitative estimate of drug-likeness (QED) is 0.117. The maximum atomic E-state index is 14.5. The van der Waals surface area contributed by atoms with E-state index in [-0.39, 0.29) is 43.7 Å². The fourth-order valence-corrected chi connectivity index (χ4v) is 9.66. The minimum absolute atomic E-state index is 0. The number of hydrogen-bond acceptors (Lipinski definition) is 11. The minimum atomic E-state index is -0.961. The van der Waals surface area contributed by atoms with Crippen LogP contribution in [0.3, 0.4) is 0 Å². The Morgan fingerprint density at radius 2 is 1.50 bits per heavy atom. The smallest absolute Gasteiger partial charge is 0.407 e.